The smallest absolute Gasteiger partial charge is 0.0190 e. The van der Waals surface area contributed by atoms with Gasteiger partial charge in [0.05, 0.1) is 0 Å². The summed E-state index contributed by atoms with van der Waals surface area (Å²) in [4.78, 5) is 0. The maximum absolute atomic E-state index is 3.38. The van der Waals surface area contributed by atoms with Crippen LogP contribution in [-0.2, 0) is 5.75 Å². The molecular formula is C13H21NS. The molecule has 0 fully saturated rings. The fourth-order valence-electron chi connectivity index (χ4n) is 1.41. The van der Waals surface area contributed by atoms with E-state index in [2.05, 4.69) is 50.4 Å². The molecule has 0 aliphatic rings. The number of hydrogen-bond acceptors (Lipinski definition) is 2. The van der Waals surface area contributed by atoms with Crippen LogP contribution in [0.1, 0.15) is 25.0 Å². The largest absolute Gasteiger partial charge is 0.316 e. The van der Waals surface area contributed by atoms with Crippen LogP contribution in [0.2, 0.25) is 0 Å². The highest BCUT2D eigenvalue weighted by Crippen LogP contribution is 2.19. The van der Waals surface area contributed by atoms with Gasteiger partial charge in [0.2, 0.25) is 0 Å². The Bertz CT molecular complexity index is 286. The van der Waals surface area contributed by atoms with Crippen LogP contribution < -0.4 is 5.32 Å². The molecule has 0 saturated heterocycles. The van der Waals surface area contributed by atoms with E-state index in [1.807, 2.05) is 11.8 Å². The van der Waals surface area contributed by atoms with E-state index in [0.29, 0.717) is 5.25 Å². The van der Waals surface area contributed by atoms with E-state index < -0.39 is 0 Å². The SMILES string of the molecule is CCNCC(C)SCc1ccccc1C. The van der Waals surface area contributed by atoms with E-state index in [1.165, 1.54) is 11.1 Å². The van der Waals surface area contributed by atoms with Gasteiger partial charge in [0.1, 0.15) is 0 Å². The molecule has 0 aliphatic heterocycles. The summed E-state index contributed by atoms with van der Waals surface area (Å²) in [7, 11) is 0. The van der Waals surface area contributed by atoms with Crippen molar-refractivity contribution in [2.45, 2.75) is 31.8 Å². The number of rotatable bonds is 6. The Morgan fingerprint density at radius 1 is 1.33 bits per heavy atom. The van der Waals surface area contributed by atoms with Crippen LogP contribution in [0.25, 0.3) is 0 Å². The van der Waals surface area contributed by atoms with Crippen LogP contribution in [0.4, 0.5) is 0 Å². The summed E-state index contributed by atoms with van der Waals surface area (Å²) in [5, 5.41) is 4.06. The monoisotopic (exact) mass is 223 g/mol. The molecule has 0 radical (unpaired) electrons. The van der Waals surface area contributed by atoms with Gasteiger partial charge in [-0.15, -0.1) is 0 Å². The molecule has 0 amide bonds. The van der Waals surface area contributed by atoms with Crippen molar-refractivity contribution in [3.63, 3.8) is 0 Å². The Balaban J connectivity index is 2.33. The molecule has 0 aromatic heterocycles. The summed E-state index contributed by atoms with van der Waals surface area (Å²) in [6.45, 7) is 8.79. The third kappa shape index (κ3) is 4.72. The first-order chi connectivity index (χ1) is 7.24. The minimum atomic E-state index is 0.685. The fraction of sp³-hybridized carbons (Fsp3) is 0.538. The van der Waals surface area contributed by atoms with E-state index in [-0.39, 0.29) is 0 Å². The summed E-state index contributed by atoms with van der Waals surface area (Å²) in [5.41, 5.74) is 2.87. The molecule has 1 rings (SSSR count). The fourth-order valence-corrected chi connectivity index (χ4v) is 2.43. The van der Waals surface area contributed by atoms with E-state index >= 15 is 0 Å². The molecule has 0 saturated carbocycles. The van der Waals surface area contributed by atoms with Gasteiger partial charge in [-0.05, 0) is 24.6 Å². The zero-order valence-corrected chi connectivity index (χ0v) is 10.7. The summed E-state index contributed by atoms with van der Waals surface area (Å²) in [6, 6.07) is 8.64. The lowest BCUT2D eigenvalue weighted by molar-refractivity contribution is 0.713. The van der Waals surface area contributed by atoms with Crippen LogP contribution in [0.15, 0.2) is 24.3 Å². The lowest BCUT2D eigenvalue weighted by Gasteiger charge is -2.12. The summed E-state index contributed by atoms with van der Waals surface area (Å²) in [6.07, 6.45) is 0. The predicted octanol–water partition coefficient (Wildman–Crippen LogP) is 3.23. The molecule has 84 valence electrons. The maximum atomic E-state index is 3.38. The normalized spacial score (nSPS) is 12.7. The molecule has 1 aromatic carbocycles. The number of benzene rings is 1. The molecule has 15 heavy (non-hydrogen) atoms. The molecule has 1 N–H and O–H groups in total. The van der Waals surface area contributed by atoms with Crippen molar-refractivity contribution in [1.82, 2.24) is 5.32 Å². The van der Waals surface area contributed by atoms with Crippen molar-refractivity contribution in [2.75, 3.05) is 13.1 Å². The molecule has 1 nitrogen and oxygen atoms in total. The Kier molecular flexibility index (Phi) is 5.81. The average molecular weight is 223 g/mol. The van der Waals surface area contributed by atoms with E-state index in [1.54, 1.807) is 0 Å². The van der Waals surface area contributed by atoms with Gasteiger partial charge in [-0.3, -0.25) is 0 Å². The third-order valence-electron chi connectivity index (χ3n) is 2.47. The Morgan fingerprint density at radius 3 is 2.73 bits per heavy atom. The van der Waals surface area contributed by atoms with Crippen LogP contribution in [-0.4, -0.2) is 18.3 Å². The highest BCUT2D eigenvalue weighted by molar-refractivity contribution is 7.99. The second kappa shape index (κ2) is 6.91. The van der Waals surface area contributed by atoms with Crippen LogP contribution >= 0.6 is 11.8 Å². The molecule has 2 heteroatoms. The van der Waals surface area contributed by atoms with Gasteiger partial charge in [0.25, 0.3) is 0 Å². The minimum absolute atomic E-state index is 0.685. The summed E-state index contributed by atoms with van der Waals surface area (Å²) >= 11 is 2.02. The zero-order chi connectivity index (χ0) is 11.1. The zero-order valence-electron chi connectivity index (χ0n) is 9.92. The predicted molar refractivity (Wildman–Crippen MR) is 70.5 cm³/mol. The quantitative estimate of drug-likeness (QED) is 0.794. The van der Waals surface area contributed by atoms with Gasteiger partial charge in [-0.1, -0.05) is 38.1 Å². The number of hydrogen-bond donors (Lipinski definition) is 1. The van der Waals surface area contributed by atoms with Crippen molar-refractivity contribution in [3.8, 4) is 0 Å². The standard InChI is InChI=1S/C13H21NS/c1-4-14-9-12(3)15-10-13-8-6-5-7-11(13)2/h5-8,12,14H,4,9-10H2,1-3H3. The van der Waals surface area contributed by atoms with E-state index in [4.69, 9.17) is 0 Å². The van der Waals surface area contributed by atoms with Gasteiger partial charge in [0.15, 0.2) is 0 Å². The van der Waals surface area contributed by atoms with Crippen molar-refractivity contribution in [1.29, 1.82) is 0 Å². The summed E-state index contributed by atoms with van der Waals surface area (Å²) < 4.78 is 0. The van der Waals surface area contributed by atoms with Gasteiger partial charge in [-0.25, -0.2) is 0 Å². The molecule has 0 bridgehead atoms. The van der Waals surface area contributed by atoms with Gasteiger partial charge in [-0.2, -0.15) is 11.8 Å². The number of thioether (sulfide) groups is 1. The molecule has 1 atom stereocenters. The Morgan fingerprint density at radius 2 is 2.07 bits per heavy atom. The maximum Gasteiger partial charge on any atom is 0.0190 e. The number of aryl methyl sites for hydroxylation is 1. The van der Waals surface area contributed by atoms with E-state index in [9.17, 15) is 0 Å². The molecule has 1 aromatic rings. The Labute approximate surface area is 97.7 Å². The first-order valence-corrected chi connectivity index (χ1v) is 6.65. The van der Waals surface area contributed by atoms with Crippen LogP contribution in [0, 0.1) is 6.92 Å². The highest BCUT2D eigenvalue weighted by atomic mass is 32.2. The average Bonchev–Trinajstić information content (AvgIpc) is 2.25. The van der Waals surface area contributed by atoms with Crippen molar-refractivity contribution in [2.24, 2.45) is 0 Å². The van der Waals surface area contributed by atoms with Gasteiger partial charge < -0.3 is 5.32 Å². The highest BCUT2D eigenvalue weighted by Gasteiger charge is 2.03. The first kappa shape index (κ1) is 12.6. The van der Waals surface area contributed by atoms with Crippen LogP contribution in [0.5, 0.6) is 0 Å². The lowest BCUT2D eigenvalue weighted by atomic mass is 10.1. The Hall–Kier alpha value is -0.470. The van der Waals surface area contributed by atoms with Gasteiger partial charge in [0, 0.05) is 17.5 Å². The molecule has 0 heterocycles. The second-order valence-corrected chi connectivity index (χ2v) is 5.28. The van der Waals surface area contributed by atoms with E-state index in [0.717, 1.165) is 18.8 Å². The van der Waals surface area contributed by atoms with Crippen molar-refractivity contribution >= 4 is 11.8 Å². The molecule has 0 aliphatic carbocycles. The van der Waals surface area contributed by atoms with Crippen molar-refractivity contribution < 1.29 is 0 Å². The third-order valence-corrected chi connectivity index (χ3v) is 3.68. The second-order valence-electron chi connectivity index (χ2n) is 3.86. The minimum Gasteiger partial charge on any atom is -0.316 e. The molecule has 0 spiro atoms. The van der Waals surface area contributed by atoms with Gasteiger partial charge >= 0.3 is 0 Å². The van der Waals surface area contributed by atoms with Crippen LogP contribution in [0.3, 0.4) is 0 Å². The summed E-state index contributed by atoms with van der Waals surface area (Å²) in [5.74, 6) is 1.12. The first-order valence-electron chi connectivity index (χ1n) is 5.61. The molecule has 1 unspecified atom stereocenters. The lowest BCUT2D eigenvalue weighted by Crippen LogP contribution is -2.22. The number of nitrogens with one attached hydrogen (secondary N) is 1. The topological polar surface area (TPSA) is 12.0 Å². The molecular weight excluding hydrogens is 202 g/mol. The van der Waals surface area contributed by atoms with Crippen molar-refractivity contribution in [3.05, 3.63) is 35.4 Å².